The van der Waals surface area contributed by atoms with E-state index in [9.17, 15) is 0 Å². The molecule has 26 heavy (non-hydrogen) atoms. The Morgan fingerprint density at radius 3 is 1.08 bits per heavy atom. The minimum absolute atomic E-state index is 0.939. The fraction of sp³-hybridized carbons (Fsp3) is 0. The third-order valence-corrected chi connectivity index (χ3v) is 4.04. The van der Waals surface area contributed by atoms with Crippen LogP contribution in [0, 0.1) is 0 Å². The molecule has 0 unspecified atom stereocenters. The van der Waals surface area contributed by atoms with E-state index in [4.69, 9.17) is 4.19 Å². The number of nitrogens with zero attached hydrogens (tertiary/aromatic N) is 2. The van der Waals surface area contributed by atoms with E-state index in [2.05, 4.69) is 60.5 Å². The van der Waals surface area contributed by atoms with Crippen LogP contribution < -0.4 is 0 Å². The standard InChI is InChI=1S/C20H14N4.Fe.H2O/c1-2-14-10-16-5-6-18(23-16)12-20-8-7-19(24-20)11-17-4-3-15(22-17)9-13(1)21-14;;/h1-12,21,24H;;1H2/q;+1;/p-1. The molecule has 3 N–H and O–H groups in total. The second kappa shape index (κ2) is 7.14. The molecule has 2 aliphatic rings. The van der Waals surface area contributed by atoms with Crippen LogP contribution in [0.2, 0.25) is 0 Å². The molecule has 0 aromatic carbocycles. The van der Waals surface area contributed by atoms with Gasteiger partial charge in [0.1, 0.15) is 0 Å². The number of hydrogen-bond acceptors (Lipinski definition) is 3. The zero-order chi connectivity index (χ0) is 17.9. The van der Waals surface area contributed by atoms with Crippen molar-refractivity contribution in [3.63, 3.8) is 0 Å². The number of aromatic amines is 2. The molecule has 0 amide bonds. The number of aromatic nitrogens is 4. The first-order valence-electron chi connectivity index (χ1n) is 8.00. The van der Waals surface area contributed by atoms with Gasteiger partial charge in [0.25, 0.3) is 0 Å². The van der Waals surface area contributed by atoms with Crippen LogP contribution in [0.4, 0.5) is 0 Å². The second-order valence-electron chi connectivity index (χ2n) is 5.91. The van der Waals surface area contributed by atoms with Gasteiger partial charge in [-0.05, 0) is 72.8 Å². The van der Waals surface area contributed by atoms with Gasteiger partial charge >= 0.3 is 20.5 Å². The normalized spacial score (nSPS) is 11.9. The Hall–Kier alpha value is -2.92. The number of fused-ring (bicyclic) bond motifs is 8. The number of rotatable bonds is 0. The van der Waals surface area contributed by atoms with Gasteiger partial charge in [0.05, 0.1) is 22.8 Å². The molecule has 5 nitrogen and oxygen atoms in total. The molecule has 0 aliphatic carbocycles. The van der Waals surface area contributed by atoms with E-state index in [0.29, 0.717) is 0 Å². The first-order chi connectivity index (χ1) is 12.8. The zero-order valence-corrected chi connectivity index (χ0v) is 14.7. The third kappa shape index (κ3) is 3.53. The van der Waals surface area contributed by atoms with Crippen molar-refractivity contribution in [2.75, 3.05) is 0 Å². The van der Waals surface area contributed by atoms with Gasteiger partial charge in [-0.1, -0.05) is 0 Å². The van der Waals surface area contributed by atoms with Crippen LogP contribution in [-0.2, 0) is 16.3 Å². The Labute approximate surface area is 158 Å². The van der Waals surface area contributed by atoms with Crippen LogP contribution in [0.5, 0.6) is 0 Å². The van der Waals surface area contributed by atoms with Gasteiger partial charge in [0.2, 0.25) is 0 Å². The summed E-state index contributed by atoms with van der Waals surface area (Å²) in [6.07, 6.45) is 8.09. The predicted molar refractivity (Wildman–Crippen MR) is 101 cm³/mol. The molecule has 0 fully saturated rings. The fourth-order valence-corrected chi connectivity index (χ4v) is 2.94. The molecule has 129 valence electrons. The first kappa shape index (κ1) is 16.5. The Morgan fingerprint density at radius 1 is 0.538 bits per heavy atom. The van der Waals surface area contributed by atoms with Crippen LogP contribution >= 0.6 is 0 Å². The van der Waals surface area contributed by atoms with Crippen LogP contribution in [0.15, 0.2) is 48.5 Å². The van der Waals surface area contributed by atoms with Crippen LogP contribution in [0.3, 0.4) is 0 Å². The molecular formula is C20H15FeN4O. The summed E-state index contributed by atoms with van der Waals surface area (Å²) in [6, 6.07) is 16.4. The van der Waals surface area contributed by atoms with Gasteiger partial charge in [-0.25, -0.2) is 9.97 Å². The van der Waals surface area contributed by atoms with Crippen molar-refractivity contribution in [3.8, 4) is 0 Å². The Balaban J connectivity index is 0.000000814. The van der Waals surface area contributed by atoms with Gasteiger partial charge in [0.15, 0.2) is 0 Å². The average molecular weight is 383 g/mol. The molecule has 0 saturated carbocycles. The topological polar surface area (TPSA) is 77.6 Å². The summed E-state index contributed by atoms with van der Waals surface area (Å²) >= 11 is 2.25. The van der Waals surface area contributed by atoms with Gasteiger partial charge in [-0.3, -0.25) is 0 Å². The first-order valence-corrected chi connectivity index (χ1v) is 8.50. The van der Waals surface area contributed by atoms with E-state index >= 15 is 0 Å². The van der Waals surface area contributed by atoms with Crippen LogP contribution in [0.25, 0.3) is 46.4 Å². The van der Waals surface area contributed by atoms with Crippen molar-refractivity contribution >= 4 is 46.4 Å². The van der Waals surface area contributed by atoms with Crippen molar-refractivity contribution in [1.29, 1.82) is 0 Å². The average Bonchev–Trinajstić information content (AvgIpc) is 3.42. The summed E-state index contributed by atoms with van der Waals surface area (Å²) in [7, 11) is 0. The van der Waals surface area contributed by atoms with Crippen molar-refractivity contribution in [2.24, 2.45) is 0 Å². The third-order valence-electron chi connectivity index (χ3n) is 4.04. The molecule has 5 heterocycles. The van der Waals surface area contributed by atoms with Gasteiger partial charge in [-0.2, -0.15) is 0 Å². The molecule has 5 rings (SSSR count). The monoisotopic (exact) mass is 383 g/mol. The van der Waals surface area contributed by atoms with E-state index in [1.807, 2.05) is 48.6 Å². The Morgan fingerprint density at radius 2 is 0.808 bits per heavy atom. The summed E-state index contributed by atoms with van der Waals surface area (Å²) in [5, 5.41) is 0. The van der Waals surface area contributed by atoms with Crippen molar-refractivity contribution < 1.29 is 20.5 Å². The fourth-order valence-electron chi connectivity index (χ4n) is 2.94. The predicted octanol–water partition coefficient (Wildman–Crippen LogP) is 4.10. The van der Waals surface area contributed by atoms with E-state index in [0.717, 1.165) is 44.8 Å². The minimum atomic E-state index is 0.939. The maximum atomic E-state index is 6.75. The van der Waals surface area contributed by atoms with Crippen molar-refractivity contribution in [2.45, 2.75) is 0 Å². The SMILES string of the molecule is C1=Cc2cc3ccc(cc4nc(cc5ccc(cc1n2)[nH]5)C=C4)[nH]3.[OH][Fe]. The molecule has 3 aromatic heterocycles. The summed E-state index contributed by atoms with van der Waals surface area (Å²) in [5.41, 5.74) is 7.86. The zero-order valence-electron chi connectivity index (χ0n) is 13.6. The molecule has 0 atom stereocenters. The second-order valence-corrected chi connectivity index (χ2v) is 5.91. The molecule has 2 aliphatic heterocycles. The van der Waals surface area contributed by atoms with Crippen molar-refractivity contribution in [1.82, 2.24) is 19.9 Å². The molecule has 8 bridgehead atoms. The van der Waals surface area contributed by atoms with Gasteiger partial charge < -0.3 is 9.97 Å². The van der Waals surface area contributed by atoms with E-state index in [1.165, 1.54) is 0 Å². The summed E-state index contributed by atoms with van der Waals surface area (Å²) in [6.45, 7) is 0. The summed E-state index contributed by atoms with van der Waals surface area (Å²) in [4.78, 5) is 16.0. The number of nitrogens with one attached hydrogen (secondary N) is 2. The maximum absolute atomic E-state index is 6.75. The molecule has 6 heteroatoms. The summed E-state index contributed by atoms with van der Waals surface area (Å²) in [5.74, 6) is 0. The Kier molecular flexibility index (Phi) is 4.54. The molecule has 0 saturated heterocycles. The van der Waals surface area contributed by atoms with Crippen LogP contribution in [-0.4, -0.2) is 24.1 Å². The van der Waals surface area contributed by atoms with E-state index in [1.54, 1.807) is 0 Å². The number of H-pyrrole nitrogens is 2. The van der Waals surface area contributed by atoms with E-state index < -0.39 is 0 Å². The molecular weight excluding hydrogens is 368 g/mol. The molecule has 0 spiro atoms. The quantitative estimate of drug-likeness (QED) is 0.353. The van der Waals surface area contributed by atoms with Crippen LogP contribution in [0.1, 0.15) is 22.8 Å². The summed E-state index contributed by atoms with van der Waals surface area (Å²) < 4.78 is 6.75. The van der Waals surface area contributed by atoms with Crippen molar-refractivity contribution in [3.05, 3.63) is 71.3 Å². The molecule has 0 radical (unpaired) electrons. The van der Waals surface area contributed by atoms with Gasteiger partial charge in [0, 0.05) is 22.1 Å². The molecule has 3 aromatic rings. The van der Waals surface area contributed by atoms with E-state index in [-0.39, 0.29) is 0 Å². The Bertz CT molecular complexity index is 996. The number of hydrogen-bond donors (Lipinski definition) is 3. The van der Waals surface area contributed by atoms with Gasteiger partial charge in [-0.15, -0.1) is 0 Å².